The van der Waals surface area contributed by atoms with Crippen molar-refractivity contribution in [1.29, 1.82) is 0 Å². The van der Waals surface area contributed by atoms with Crippen LogP contribution in [0.25, 0.3) is 0 Å². The number of allylic oxidation sites excluding steroid dienone is 2. The number of hydrogen-bond acceptors (Lipinski definition) is 8. The van der Waals surface area contributed by atoms with E-state index in [1.165, 1.54) is 23.0 Å². The lowest BCUT2D eigenvalue weighted by atomic mass is 9.57. The highest BCUT2D eigenvalue weighted by Gasteiger charge is 2.62. The van der Waals surface area contributed by atoms with Crippen LogP contribution in [0.3, 0.4) is 0 Å². The van der Waals surface area contributed by atoms with Crippen LogP contribution in [0.5, 0.6) is 11.5 Å². The number of benzene rings is 5. The third kappa shape index (κ3) is 5.78. The molecule has 2 aliphatic carbocycles. The first-order valence-electron chi connectivity index (χ1n) is 18.9. The largest absolute Gasteiger partial charge is 0.504 e. The second-order valence-electron chi connectivity index (χ2n) is 15.0. The molecule has 57 heavy (non-hydrogen) atoms. The topological polar surface area (TPSA) is 138 Å². The summed E-state index contributed by atoms with van der Waals surface area (Å²) in [5.41, 5.74) is 3.97. The number of amides is 4. The van der Waals surface area contributed by atoms with E-state index in [1.54, 1.807) is 109 Å². The SMILES string of the molecule is COc1cc([C@H]2C3=CC[C@@H]4C(=O)N(c5ccc(C(=O)c6ccccc6)cc5)C(=O)[C@@H]4[C@@H]3C[C@H]3C(=O)N(c4ccc(C(=O)c5ccccc5)cc4)C(=O)[C@@H]23)ccc1O. The maximum absolute atomic E-state index is 14.6. The minimum atomic E-state index is -0.838. The van der Waals surface area contributed by atoms with Crippen LogP contribution in [0.1, 0.15) is 56.2 Å². The van der Waals surface area contributed by atoms with Gasteiger partial charge in [0.2, 0.25) is 23.6 Å². The monoisotopic (exact) mass is 756 g/mol. The molecule has 0 radical (unpaired) electrons. The zero-order valence-corrected chi connectivity index (χ0v) is 30.8. The summed E-state index contributed by atoms with van der Waals surface area (Å²) >= 11 is 0. The molecule has 9 rings (SSSR count). The Hall–Kier alpha value is -6.94. The average molecular weight is 757 g/mol. The second-order valence-corrected chi connectivity index (χ2v) is 15.0. The Balaban J connectivity index is 1.05. The highest BCUT2D eigenvalue weighted by atomic mass is 16.5. The lowest BCUT2D eigenvalue weighted by Crippen LogP contribution is -2.43. The predicted octanol–water partition coefficient (Wildman–Crippen LogP) is 6.91. The number of hydrogen-bond donors (Lipinski definition) is 1. The Morgan fingerprint density at radius 1 is 0.579 bits per heavy atom. The van der Waals surface area contributed by atoms with Crippen LogP contribution in [-0.4, -0.2) is 47.4 Å². The molecule has 10 heteroatoms. The number of methoxy groups -OCH3 is 1. The van der Waals surface area contributed by atoms with Gasteiger partial charge >= 0.3 is 0 Å². The average Bonchev–Trinajstić information content (AvgIpc) is 3.66. The third-order valence-electron chi connectivity index (χ3n) is 12.1. The van der Waals surface area contributed by atoms with E-state index in [0.29, 0.717) is 39.2 Å². The Bertz CT molecular complexity index is 2510. The molecule has 5 aromatic rings. The van der Waals surface area contributed by atoms with Crippen molar-refractivity contribution in [2.24, 2.45) is 29.6 Å². The van der Waals surface area contributed by atoms with E-state index >= 15 is 0 Å². The van der Waals surface area contributed by atoms with Crippen molar-refractivity contribution < 1.29 is 38.6 Å². The fourth-order valence-corrected chi connectivity index (χ4v) is 9.40. The van der Waals surface area contributed by atoms with E-state index in [-0.39, 0.29) is 41.8 Å². The number of phenols is 1. The summed E-state index contributed by atoms with van der Waals surface area (Å²) in [4.78, 5) is 86.3. The van der Waals surface area contributed by atoms with E-state index in [9.17, 15) is 33.9 Å². The summed E-state index contributed by atoms with van der Waals surface area (Å²) < 4.78 is 5.45. The molecule has 10 nitrogen and oxygen atoms in total. The zero-order valence-electron chi connectivity index (χ0n) is 30.8. The molecule has 0 spiro atoms. The van der Waals surface area contributed by atoms with Gasteiger partial charge in [-0.15, -0.1) is 0 Å². The molecule has 2 saturated heterocycles. The maximum Gasteiger partial charge on any atom is 0.238 e. The predicted molar refractivity (Wildman–Crippen MR) is 210 cm³/mol. The highest BCUT2D eigenvalue weighted by molar-refractivity contribution is 6.24. The van der Waals surface area contributed by atoms with Gasteiger partial charge in [-0.25, -0.2) is 0 Å². The number of nitrogens with zero attached hydrogens (tertiary/aromatic N) is 2. The number of phenolic OH excluding ortho intramolecular Hbond substituents is 1. The molecule has 282 valence electrons. The highest BCUT2D eigenvalue weighted by Crippen LogP contribution is 2.59. The van der Waals surface area contributed by atoms with Crippen molar-refractivity contribution in [2.75, 3.05) is 16.9 Å². The van der Waals surface area contributed by atoms with Gasteiger partial charge in [0.1, 0.15) is 0 Å². The van der Waals surface area contributed by atoms with E-state index < -0.39 is 53.2 Å². The fourth-order valence-electron chi connectivity index (χ4n) is 9.40. The Labute approximate surface area is 328 Å². The molecule has 1 N–H and O–H groups in total. The van der Waals surface area contributed by atoms with Crippen LogP contribution in [0, 0.1) is 29.6 Å². The van der Waals surface area contributed by atoms with Gasteiger partial charge in [-0.2, -0.15) is 0 Å². The molecular weight excluding hydrogens is 721 g/mol. The third-order valence-corrected chi connectivity index (χ3v) is 12.1. The number of ether oxygens (including phenoxy) is 1. The van der Waals surface area contributed by atoms with Crippen molar-refractivity contribution in [3.8, 4) is 11.5 Å². The zero-order chi connectivity index (χ0) is 39.5. The van der Waals surface area contributed by atoms with Gasteiger partial charge in [0.15, 0.2) is 23.1 Å². The van der Waals surface area contributed by atoms with E-state index in [4.69, 9.17) is 4.74 Å². The number of anilines is 2. The fraction of sp³-hybridized carbons (Fsp3) is 0.191. The van der Waals surface area contributed by atoms with Gasteiger partial charge in [0.25, 0.3) is 0 Å². The molecule has 2 heterocycles. The standard InChI is InChI=1S/C47H36N2O8/c1-57-38-24-30(16-23-37(38)50)39-33-21-22-34-40(46(55)48(44(34)53)31-17-12-28(13-18-31)42(51)26-8-4-2-5-9-26)35(33)25-36-41(39)47(56)49(45(36)54)32-19-14-29(15-20-32)43(52)27-10-6-3-7-11-27/h2-21,23-24,34-36,39-41,50H,22,25H2,1H3/t34-,35+,36+,39-,40-,41+/m0/s1. The Kier molecular flexibility index (Phi) is 8.76. The molecule has 2 aliphatic heterocycles. The summed E-state index contributed by atoms with van der Waals surface area (Å²) in [6, 6.07) is 35.3. The van der Waals surface area contributed by atoms with E-state index in [2.05, 4.69) is 0 Å². The number of imide groups is 2. The number of carbonyl (C=O) groups is 6. The maximum atomic E-state index is 14.6. The van der Waals surface area contributed by atoms with Crippen molar-refractivity contribution in [1.82, 2.24) is 0 Å². The Morgan fingerprint density at radius 2 is 1.07 bits per heavy atom. The lowest BCUT2D eigenvalue weighted by Gasteiger charge is -2.44. The van der Waals surface area contributed by atoms with Crippen LogP contribution in [0.15, 0.2) is 139 Å². The molecule has 1 saturated carbocycles. The van der Waals surface area contributed by atoms with Crippen LogP contribution in [0.2, 0.25) is 0 Å². The van der Waals surface area contributed by atoms with Gasteiger partial charge in [0.05, 0.1) is 42.2 Å². The van der Waals surface area contributed by atoms with Crippen molar-refractivity contribution in [3.63, 3.8) is 0 Å². The van der Waals surface area contributed by atoms with Gasteiger partial charge in [-0.1, -0.05) is 78.4 Å². The first-order chi connectivity index (χ1) is 27.7. The quantitative estimate of drug-likeness (QED) is 0.103. The molecule has 0 aromatic heterocycles. The molecule has 6 atom stereocenters. The van der Waals surface area contributed by atoms with Crippen LogP contribution >= 0.6 is 0 Å². The number of carbonyl (C=O) groups excluding carboxylic acids is 6. The molecule has 0 unspecified atom stereocenters. The summed E-state index contributed by atoms with van der Waals surface area (Å²) in [5.74, 6) is -6.18. The Morgan fingerprint density at radius 3 is 1.60 bits per heavy atom. The number of ketones is 2. The first kappa shape index (κ1) is 35.7. The van der Waals surface area contributed by atoms with E-state index in [0.717, 1.165) is 5.57 Å². The van der Waals surface area contributed by atoms with Crippen LogP contribution in [-0.2, 0) is 19.2 Å². The summed E-state index contributed by atoms with van der Waals surface area (Å²) in [7, 11) is 1.43. The van der Waals surface area contributed by atoms with Crippen molar-refractivity contribution in [3.05, 3.63) is 167 Å². The van der Waals surface area contributed by atoms with Crippen LogP contribution in [0.4, 0.5) is 11.4 Å². The van der Waals surface area contributed by atoms with Gasteiger partial charge in [0, 0.05) is 28.2 Å². The van der Waals surface area contributed by atoms with Gasteiger partial charge in [-0.3, -0.25) is 38.6 Å². The number of fused-ring (bicyclic) bond motifs is 4. The van der Waals surface area contributed by atoms with Gasteiger partial charge < -0.3 is 9.84 Å². The molecule has 5 aromatic carbocycles. The first-order valence-corrected chi connectivity index (χ1v) is 18.9. The van der Waals surface area contributed by atoms with Crippen LogP contribution < -0.4 is 14.5 Å². The summed E-state index contributed by atoms with van der Waals surface area (Å²) in [6.45, 7) is 0. The minimum Gasteiger partial charge on any atom is -0.504 e. The number of aromatic hydroxyl groups is 1. The number of rotatable bonds is 8. The molecule has 0 bridgehead atoms. The second kappa shape index (κ2) is 14.0. The molecular formula is C47H36N2O8. The summed E-state index contributed by atoms with van der Waals surface area (Å²) in [5, 5.41) is 10.5. The molecule has 3 fully saturated rings. The normalized spacial score (nSPS) is 23.8. The van der Waals surface area contributed by atoms with Gasteiger partial charge in [-0.05, 0) is 85.0 Å². The van der Waals surface area contributed by atoms with E-state index in [1.807, 2.05) is 18.2 Å². The molecule has 4 aliphatic rings. The lowest BCUT2D eigenvalue weighted by molar-refractivity contribution is -0.126. The summed E-state index contributed by atoms with van der Waals surface area (Å²) in [6.07, 6.45) is 2.38. The smallest absolute Gasteiger partial charge is 0.238 e. The van der Waals surface area contributed by atoms with Crippen molar-refractivity contribution in [2.45, 2.75) is 18.8 Å². The molecule has 4 amide bonds. The minimum absolute atomic E-state index is 0.0906. The van der Waals surface area contributed by atoms with Crippen molar-refractivity contribution >= 4 is 46.6 Å².